The summed E-state index contributed by atoms with van der Waals surface area (Å²) in [6.45, 7) is 6.67. The summed E-state index contributed by atoms with van der Waals surface area (Å²) in [5, 5.41) is 0. The Balaban J connectivity index is 2.28. The normalized spacial score (nSPS) is 21.9. The minimum atomic E-state index is -0.556. The van der Waals surface area contributed by atoms with Crippen LogP contribution >= 0.6 is 22.6 Å². The minimum absolute atomic E-state index is 0.0186. The van der Waals surface area contributed by atoms with E-state index in [0.717, 1.165) is 15.9 Å². The van der Waals surface area contributed by atoms with Crippen molar-refractivity contribution in [2.75, 3.05) is 20.7 Å². The number of likely N-dealkylation sites (tertiary alicyclic amines) is 1. The predicted octanol–water partition coefficient (Wildman–Crippen LogP) is 2.65. The summed E-state index contributed by atoms with van der Waals surface area (Å²) in [6.07, 6.45) is 2.13. The van der Waals surface area contributed by atoms with Gasteiger partial charge < -0.3 is 14.6 Å². The predicted molar refractivity (Wildman–Crippen MR) is 98.3 cm³/mol. The number of amides is 2. The molecule has 0 bridgehead atoms. The van der Waals surface area contributed by atoms with E-state index < -0.39 is 12.1 Å². The Labute approximate surface area is 156 Å². The van der Waals surface area contributed by atoms with E-state index in [0.29, 0.717) is 12.5 Å². The van der Waals surface area contributed by atoms with Crippen molar-refractivity contribution in [3.8, 4) is 0 Å². The van der Waals surface area contributed by atoms with Crippen molar-refractivity contribution in [3.05, 3.63) is 15.7 Å². The zero-order valence-corrected chi connectivity index (χ0v) is 16.9. The second kappa shape index (κ2) is 7.71. The summed E-state index contributed by atoms with van der Waals surface area (Å²) < 4.78 is 5.73. The first-order valence-electron chi connectivity index (χ1n) is 8.07. The number of hydrogen-bond acceptors (Lipinski definition) is 4. The lowest BCUT2D eigenvalue weighted by Gasteiger charge is -2.34. The van der Waals surface area contributed by atoms with E-state index in [1.807, 2.05) is 18.7 Å². The Morgan fingerprint density at radius 1 is 1.50 bits per heavy atom. The number of H-pyrrole nitrogens is 1. The van der Waals surface area contributed by atoms with Gasteiger partial charge in [-0.15, -0.1) is 0 Å². The van der Waals surface area contributed by atoms with Gasteiger partial charge in [0, 0.05) is 13.6 Å². The summed E-state index contributed by atoms with van der Waals surface area (Å²) >= 11 is 2.17. The third-order valence-corrected chi connectivity index (χ3v) is 4.99. The van der Waals surface area contributed by atoms with Crippen LogP contribution in [0.5, 0.6) is 0 Å². The molecule has 2 heterocycles. The Hall–Kier alpha value is -1.32. The van der Waals surface area contributed by atoms with E-state index in [1.165, 1.54) is 12.0 Å². The molecule has 2 amide bonds. The molecule has 134 valence electrons. The molecule has 8 heteroatoms. The summed E-state index contributed by atoms with van der Waals surface area (Å²) in [7, 11) is 2.94. The number of carbonyl (C=O) groups is 2. The number of likely N-dealkylation sites (N-methyl/N-ethyl adjacent to an activating group) is 1. The molecule has 24 heavy (non-hydrogen) atoms. The highest BCUT2D eigenvalue weighted by Crippen LogP contribution is 2.35. The zero-order chi connectivity index (χ0) is 18.0. The van der Waals surface area contributed by atoms with Crippen LogP contribution in [0.3, 0.4) is 0 Å². The number of nitrogens with one attached hydrogen (secondary N) is 1. The standard InChI is InChI=1S/C16H25IN4O3/c1-9(2)13(20(4)16(23)24-5)15(22)21-8-10(3)6-11(21)14-18-7-12(17)19-14/h7,9-11,13H,6,8H2,1-5H3,(H,18,19). The van der Waals surface area contributed by atoms with Gasteiger partial charge in [0.15, 0.2) is 0 Å². The molecule has 0 aromatic carbocycles. The van der Waals surface area contributed by atoms with E-state index in [-0.39, 0.29) is 17.9 Å². The molecule has 1 aromatic rings. The molecule has 1 aromatic heterocycles. The van der Waals surface area contributed by atoms with Crippen molar-refractivity contribution >= 4 is 34.6 Å². The van der Waals surface area contributed by atoms with Gasteiger partial charge in [-0.1, -0.05) is 20.8 Å². The molecule has 1 N–H and O–H groups in total. The lowest BCUT2D eigenvalue weighted by atomic mass is 10.0. The minimum Gasteiger partial charge on any atom is -0.453 e. The first-order chi connectivity index (χ1) is 11.3. The largest absolute Gasteiger partial charge is 0.453 e. The molecule has 0 saturated carbocycles. The van der Waals surface area contributed by atoms with Crippen LogP contribution in [0.25, 0.3) is 0 Å². The molecular weight excluding hydrogens is 423 g/mol. The van der Waals surface area contributed by atoms with Crippen LogP contribution in [0.2, 0.25) is 0 Å². The highest BCUT2D eigenvalue weighted by atomic mass is 127. The van der Waals surface area contributed by atoms with Crippen LogP contribution in [-0.2, 0) is 9.53 Å². The molecule has 0 aliphatic carbocycles. The molecule has 1 fully saturated rings. The molecule has 3 atom stereocenters. The quantitative estimate of drug-likeness (QED) is 0.719. The number of methoxy groups -OCH3 is 1. The van der Waals surface area contributed by atoms with Crippen molar-refractivity contribution in [3.63, 3.8) is 0 Å². The monoisotopic (exact) mass is 448 g/mol. The van der Waals surface area contributed by atoms with Crippen LogP contribution in [0.15, 0.2) is 6.20 Å². The van der Waals surface area contributed by atoms with Gasteiger partial charge in [-0.05, 0) is 40.8 Å². The third-order valence-electron chi connectivity index (χ3n) is 4.44. The maximum absolute atomic E-state index is 13.2. The number of halogens is 1. The molecule has 1 aliphatic rings. The fourth-order valence-corrected chi connectivity index (χ4v) is 3.77. The Morgan fingerprint density at radius 3 is 2.67 bits per heavy atom. The second-order valence-electron chi connectivity index (χ2n) is 6.73. The first-order valence-corrected chi connectivity index (χ1v) is 9.15. The van der Waals surface area contributed by atoms with E-state index in [2.05, 4.69) is 39.5 Å². The van der Waals surface area contributed by atoms with Gasteiger partial charge in [0.1, 0.15) is 11.9 Å². The van der Waals surface area contributed by atoms with Gasteiger partial charge in [-0.2, -0.15) is 0 Å². The maximum Gasteiger partial charge on any atom is 0.409 e. The fraction of sp³-hybridized carbons (Fsp3) is 0.688. The summed E-state index contributed by atoms with van der Waals surface area (Å²) in [6, 6.07) is -0.636. The lowest BCUT2D eigenvalue weighted by Crippen LogP contribution is -2.52. The molecule has 0 spiro atoms. The zero-order valence-electron chi connectivity index (χ0n) is 14.7. The first kappa shape index (κ1) is 19.0. The number of hydrogen-bond donors (Lipinski definition) is 1. The van der Waals surface area contributed by atoms with E-state index in [1.54, 1.807) is 13.2 Å². The number of imidazole rings is 1. The number of carbonyl (C=O) groups excluding carboxylic acids is 2. The number of ether oxygens (including phenoxy) is 1. The van der Waals surface area contributed by atoms with Gasteiger partial charge in [-0.25, -0.2) is 9.78 Å². The van der Waals surface area contributed by atoms with Crippen molar-refractivity contribution in [2.45, 2.75) is 39.3 Å². The molecule has 0 radical (unpaired) electrons. The molecule has 1 saturated heterocycles. The van der Waals surface area contributed by atoms with Crippen molar-refractivity contribution in [1.82, 2.24) is 19.8 Å². The Morgan fingerprint density at radius 2 is 2.17 bits per heavy atom. The lowest BCUT2D eigenvalue weighted by molar-refractivity contribution is -0.138. The molecule has 1 aliphatic heterocycles. The van der Waals surface area contributed by atoms with Crippen molar-refractivity contribution < 1.29 is 14.3 Å². The summed E-state index contributed by atoms with van der Waals surface area (Å²) in [4.78, 5) is 36.0. The van der Waals surface area contributed by atoms with Crippen LogP contribution in [0, 0.1) is 15.5 Å². The third kappa shape index (κ3) is 3.84. The number of nitrogens with zero attached hydrogens (tertiary/aromatic N) is 3. The van der Waals surface area contributed by atoms with Gasteiger partial charge in [0.05, 0.1) is 23.0 Å². The second-order valence-corrected chi connectivity index (χ2v) is 7.90. The molecule has 2 rings (SSSR count). The highest BCUT2D eigenvalue weighted by molar-refractivity contribution is 14.1. The Kier molecular flexibility index (Phi) is 6.11. The van der Waals surface area contributed by atoms with Gasteiger partial charge in [0.25, 0.3) is 0 Å². The maximum atomic E-state index is 13.2. The number of aromatic amines is 1. The number of rotatable bonds is 4. The summed E-state index contributed by atoms with van der Waals surface area (Å²) in [5.41, 5.74) is 0. The van der Waals surface area contributed by atoms with E-state index in [4.69, 9.17) is 4.74 Å². The van der Waals surface area contributed by atoms with Crippen LogP contribution in [0.4, 0.5) is 4.79 Å². The Bertz CT molecular complexity index is 604. The van der Waals surface area contributed by atoms with Crippen molar-refractivity contribution in [1.29, 1.82) is 0 Å². The average Bonchev–Trinajstić information content (AvgIpc) is 3.11. The molecule has 3 unspecified atom stereocenters. The SMILES string of the molecule is COC(=O)N(C)C(C(=O)N1CC(C)CC1c1ncc(I)[nH]1)C(C)C. The molecular formula is C16H25IN4O3. The van der Waals surface area contributed by atoms with E-state index >= 15 is 0 Å². The highest BCUT2D eigenvalue weighted by Gasteiger charge is 2.41. The van der Waals surface area contributed by atoms with E-state index in [9.17, 15) is 9.59 Å². The molecule has 7 nitrogen and oxygen atoms in total. The van der Waals surface area contributed by atoms with Crippen LogP contribution in [0.1, 0.15) is 39.1 Å². The summed E-state index contributed by atoms with van der Waals surface area (Å²) in [5.74, 6) is 1.12. The van der Waals surface area contributed by atoms with Crippen LogP contribution in [-0.4, -0.2) is 58.5 Å². The topological polar surface area (TPSA) is 78.5 Å². The smallest absolute Gasteiger partial charge is 0.409 e. The van der Waals surface area contributed by atoms with Gasteiger partial charge in [0.2, 0.25) is 5.91 Å². The van der Waals surface area contributed by atoms with Gasteiger partial charge in [-0.3, -0.25) is 9.69 Å². The van der Waals surface area contributed by atoms with Crippen molar-refractivity contribution in [2.24, 2.45) is 11.8 Å². The number of aromatic nitrogens is 2. The van der Waals surface area contributed by atoms with Crippen LogP contribution < -0.4 is 0 Å². The fourth-order valence-electron chi connectivity index (χ4n) is 3.36. The average molecular weight is 448 g/mol. The van der Waals surface area contributed by atoms with Gasteiger partial charge >= 0.3 is 6.09 Å².